The van der Waals surface area contributed by atoms with Gasteiger partial charge in [0.1, 0.15) is 12.2 Å². The Morgan fingerprint density at radius 3 is 2.24 bits per heavy atom. The molecule has 4 aliphatic carbocycles. The summed E-state index contributed by atoms with van der Waals surface area (Å²) in [5, 5.41) is 2.72. The van der Waals surface area contributed by atoms with E-state index in [1.54, 1.807) is 0 Å². The molecule has 4 aliphatic rings. The summed E-state index contributed by atoms with van der Waals surface area (Å²) < 4.78 is 39.2. The minimum Gasteiger partial charge on any atom is -0.463 e. The summed E-state index contributed by atoms with van der Waals surface area (Å²) in [6, 6.07) is 0. The summed E-state index contributed by atoms with van der Waals surface area (Å²) in [7, 11) is -2.47. The fraction of sp³-hybridized carbons (Fsp3) is 0.903. The number of hydrogen-bond acceptors (Lipinski definition) is 8. The molecule has 0 aromatic carbocycles. The summed E-state index contributed by atoms with van der Waals surface area (Å²) in [6.45, 7) is 10.2. The molecule has 1 unspecified atom stereocenters. The molecular weight excluding hydrogens is 546 g/mol. The lowest BCUT2D eigenvalue weighted by atomic mass is 9.43. The molecule has 10 atom stereocenters. The zero-order chi connectivity index (χ0) is 30.2. The van der Waals surface area contributed by atoms with Gasteiger partial charge in [-0.1, -0.05) is 20.8 Å². The van der Waals surface area contributed by atoms with Crippen molar-refractivity contribution in [3.63, 3.8) is 0 Å². The predicted octanol–water partition coefficient (Wildman–Crippen LogP) is 4.63. The second-order valence-electron chi connectivity index (χ2n) is 13.9. The van der Waals surface area contributed by atoms with E-state index < -0.39 is 10.1 Å². The molecule has 0 aromatic rings. The van der Waals surface area contributed by atoms with E-state index in [9.17, 15) is 22.8 Å². The average molecular weight is 598 g/mol. The van der Waals surface area contributed by atoms with Crippen molar-refractivity contribution in [3.05, 3.63) is 0 Å². The Morgan fingerprint density at radius 2 is 1.59 bits per heavy atom. The Balaban J connectivity index is 1.44. The predicted molar refractivity (Wildman–Crippen MR) is 154 cm³/mol. The van der Waals surface area contributed by atoms with Crippen LogP contribution in [-0.4, -0.2) is 57.9 Å². The molecule has 1 amide bonds. The molecule has 0 aliphatic heterocycles. The fourth-order valence-electron chi connectivity index (χ4n) is 9.86. The first-order chi connectivity index (χ1) is 19.2. The maximum atomic E-state index is 12.5. The second kappa shape index (κ2) is 12.5. The third-order valence-electron chi connectivity index (χ3n) is 11.8. The SMILES string of the molecule is COS(=O)(=O)CCNC(=O)CC[C@@H](C)[C@H]1CC[C@H]2[C@@H]3[C@H](OC(C)=O)CC4C[C@H](OC(C)=O)CC[C@]4(C)[C@H]3CC[C@]12C. The van der Waals surface area contributed by atoms with E-state index in [0.717, 1.165) is 64.9 Å². The van der Waals surface area contributed by atoms with Gasteiger partial charge in [0.15, 0.2) is 0 Å². The van der Waals surface area contributed by atoms with E-state index >= 15 is 0 Å². The maximum absolute atomic E-state index is 12.5. The van der Waals surface area contributed by atoms with Crippen LogP contribution in [0.4, 0.5) is 0 Å². The molecule has 234 valence electrons. The topological polar surface area (TPSA) is 125 Å². The zero-order valence-electron chi connectivity index (χ0n) is 25.8. The van der Waals surface area contributed by atoms with Crippen molar-refractivity contribution < 1.29 is 36.5 Å². The Bertz CT molecular complexity index is 1090. The highest BCUT2D eigenvalue weighted by Crippen LogP contribution is 2.68. The number of amides is 1. The number of rotatable bonds is 10. The first-order valence-corrected chi connectivity index (χ1v) is 17.2. The minimum atomic E-state index is -3.59. The van der Waals surface area contributed by atoms with E-state index in [-0.39, 0.29) is 53.2 Å². The highest BCUT2D eigenvalue weighted by Gasteiger charge is 2.64. The monoisotopic (exact) mass is 597 g/mol. The Labute approximate surface area is 246 Å². The van der Waals surface area contributed by atoms with Crippen molar-refractivity contribution in [2.75, 3.05) is 19.4 Å². The van der Waals surface area contributed by atoms with Gasteiger partial charge >= 0.3 is 11.9 Å². The van der Waals surface area contributed by atoms with Crippen molar-refractivity contribution in [1.29, 1.82) is 0 Å². The number of nitrogens with one attached hydrogen (secondary N) is 1. The fourth-order valence-corrected chi connectivity index (χ4v) is 10.4. The molecule has 4 saturated carbocycles. The third-order valence-corrected chi connectivity index (χ3v) is 13.0. The maximum Gasteiger partial charge on any atom is 0.302 e. The summed E-state index contributed by atoms with van der Waals surface area (Å²) >= 11 is 0. The highest BCUT2D eigenvalue weighted by atomic mass is 32.2. The van der Waals surface area contributed by atoms with E-state index in [1.165, 1.54) is 13.8 Å². The van der Waals surface area contributed by atoms with Crippen LogP contribution >= 0.6 is 0 Å². The minimum absolute atomic E-state index is 0.0488. The molecule has 0 saturated heterocycles. The first kappa shape index (κ1) is 32.2. The summed E-state index contributed by atoms with van der Waals surface area (Å²) in [5.41, 5.74) is 0.275. The lowest BCUT2D eigenvalue weighted by Crippen LogP contribution is -2.59. The molecule has 9 nitrogen and oxygen atoms in total. The van der Waals surface area contributed by atoms with E-state index in [1.807, 2.05) is 0 Å². The van der Waals surface area contributed by atoms with Gasteiger partial charge in [-0.05, 0) is 98.2 Å². The molecule has 0 bridgehead atoms. The van der Waals surface area contributed by atoms with Crippen molar-refractivity contribution in [1.82, 2.24) is 5.32 Å². The quantitative estimate of drug-likeness (QED) is 0.286. The van der Waals surface area contributed by atoms with Gasteiger partial charge in [-0.2, -0.15) is 8.42 Å². The summed E-state index contributed by atoms with van der Waals surface area (Å²) in [6.07, 6.45) is 9.05. The summed E-state index contributed by atoms with van der Waals surface area (Å²) in [4.78, 5) is 36.4. The number of carbonyl (C=O) groups is 3. The number of fused-ring (bicyclic) bond motifs is 5. The van der Waals surface area contributed by atoms with E-state index in [0.29, 0.717) is 41.9 Å². The van der Waals surface area contributed by atoms with Gasteiger partial charge in [-0.3, -0.25) is 18.6 Å². The standard InChI is InChI=1S/C31H51NO8S/c1-19(7-10-28(35)32-15-16-41(36,37)38-6)24-8-9-25-29-26(12-14-31(24,25)5)30(4)13-11-23(39-20(2)33)17-22(30)18-27(29)40-21(3)34/h19,22-27,29H,7-18H2,1-6H3,(H,32,35)/t19-,22?,23-,24-,25+,26+,27-,29+,30+,31-/m1/s1. The number of esters is 2. The highest BCUT2D eigenvalue weighted by molar-refractivity contribution is 7.86. The van der Waals surface area contributed by atoms with Crippen molar-refractivity contribution >= 4 is 28.0 Å². The van der Waals surface area contributed by atoms with Crippen LogP contribution in [0.1, 0.15) is 98.8 Å². The van der Waals surface area contributed by atoms with Crippen LogP contribution in [0.5, 0.6) is 0 Å². The van der Waals surface area contributed by atoms with Crippen LogP contribution in [0.3, 0.4) is 0 Å². The lowest BCUT2D eigenvalue weighted by molar-refractivity contribution is -0.197. The van der Waals surface area contributed by atoms with Crippen LogP contribution < -0.4 is 5.32 Å². The van der Waals surface area contributed by atoms with Gasteiger partial charge in [0.05, 0.1) is 12.9 Å². The van der Waals surface area contributed by atoms with E-state index in [2.05, 4.69) is 30.3 Å². The van der Waals surface area contributed by atoms with E-state index in [4.69, 9.17) is 9.47 Å². The van der Waals surface area contributed by atoms with Crippen LogP contribution in [0, 0.1) is 46.3 Å². The molecular formula is C31H51NO8S. The Hall–Kier alpha value is -1.68. The van der Waals surface area contributed by atoms with Crippen LogP contribution in [0.25, 0.3) is 0 Å². The molecule has 0 spiro atoms. The molecule has 41 heavy (non-hydrogen) atoms. The zero-order valence-corrected chi connectivity index (χ0v) is 26.6. The molecule has 4 fully saturated rings. The van der Waals surface area contributed by atoms with Gasteiger partial charge in [0, 0.05) is 32.7 Å². The third kappa shape index (κ3) is 6.78. The lowest BCUT2D eigenvalue weighted by Gasteiger charge is -2.62. The van der Waals surface area contributed by atoms with Crippen LogP contribution in [0.15, 0.2) is 0 Å². The number of hydrogen-bond donors (Lipinski definition) is 1. The normalized spacial score (nSPS) is 39.0. The molecule has 0 radical (unpaired) electrons. The van der Waals surface area contributed by atoms with Crippen molar-refractivity contribution in [2.45, 2.75) is 111 Å². The molecule has 0 heterocycles. The number of carbonyl (C=O) groups excluding carboxylic acids is 3. The van der Waals surface area contributed by atoms with Crippen molar-refractivity contribution in [2.24, 2.45) is 46.3 Å². The number of ether oxygens (including phenoxy) is 2. The van der Waals surface area contributed by atoms with Gasteiger partial charge in [0.2, 0.25) is 5.91 Å². The van der Waals surface area contributed by atoms with Gasteiger partial charge in [0.25, 0.3) is 10.1 Å². The van der Waals surface area contributed by atoms with Crippen molar-refractivity contribution in [3.8, 4) is 0 Å². The molecule has 0 aromatic heterocycles. The van der Waals surface area contributed by atoms with Crippen LogP contribution in [0.2, 0.25) is 0 Å². The largest absolute Gasteiger partial charge is 0.463 e. The smallest absolute Gasteiger partial charge is 0.302 e. The van der Waals surface area contributed by atoms with Gasteiger partial charge in [-0.15, -0.1) is 0 Å². The molecule has 10 heteroatoms. The molecule has 1 N–H and O–H groups in total. The van der Waals surface area contributed by atoms with Crippen LogP contribution in [-0.2, 0) is 38.2 Å². The average Bonchev–Trinajstić information content (AvgIpc) is 3.24. The van der Waals surface area contributed by atoms with Gasteiger partial charge < -0.3 is 14.8 Å². The molecule has 4 rings (SSSR count). The summed E-state index contributed by atoms with van der Waals surface area (Å²) in [5.74, 6) is 1.67. The van der Waals surface area contributed by atoms with Gasteiger partial charge in [-0.25, -0.2) is 0 Å². The Morgan fingerprint density at radius 1 is 0.927 bits per heavy atom. The second-order valence-corrected chi connectivity index (χ2v) is 15.8. The Kier molecular flexibility index (Phi) is 9.84. The first-order valence-electron chi connectivity index (χ1n) is 15.6.